The Labute approximate surface area is 116 Å². The van der Waals surface area contributed by atoms with Crippen molar-refractivity contribution in [2.24, 2.45) is 11.8 Å². The number of amides is 1. The molecule has 0 heterocycles. The first kappa shape index (κ1) is 13.4. The molecule has 1 fully saturated rings. The lowest BCUT2D eigenvalue weighted by Crippen LogP contribution is -2.30. The van der Waals surface area contributed by atoms with Crippen LogP contribution >= 0.6 is 15.9 Å². The van der Waals surface area contributed by atoms with E-state index in [1.165, 1.54) is 19.3 Å². The number of halogens is 1. The number of benzene rings is 1. The first-order chi connectivity index (χ1) is 8.58. The van der Waals surface area contributed by atoms with Gasteiger partial charge < -0.3 is 11.1 Å². The lowest BCUT2D eigenvalue weighted by atomic mass is 9.98. The van der Waals surface area contributed by atoms with Gasteiger partial charge in [-0.1, -0.05) is 19.8 Å². The summed E-state index contributed by atoms with van der Waals surface area (Å²) in [5.74, 6) is 1.29. The minimum Gasteiger partial charge on any atom is -0.399 e. The Morgan fingerprint density at radius 2 is 2.28 bits per heavy atom. The third kappa shape index (κ3) is 3.05. The van der Waals surface area contributed by atoms with Crippen molar-refractivity contribution in [1.29, 1.82) is 0 Å². The minimum atomic E-state index is -0.0479. The maximum Gasteiger partial charge on any atom is 0.252 e. The molecule has 0 aromatic heterocycles. The molecule has 0 aliphatic heterocycles. The van der Waals surface area contributed by atoms with Crippen molar-refractivity contribution in [1.82, 2.24) is 5.32 Å². The number of carbonyl (C=O) groups excluding carboxylic acids is 1. The van der Waals surface area contributed by atoms with Crippen LogP contribution in [-0.2, 0) is 0 Å². The molecule has 1 aliphatic carbocycles. The van der Waals surface area contributed by atoms with Crippen LogP contribution in [0.3, 0.4) is 0 Å². The number of hydrogen-bond donors (Lipinski definition) is 2. The number of nitrogen functional groups attached to an aromatic ring is 1. The van der Waals surface area contributed by atoms with Crippen LogP contribution in [0.2, 0.25) is 0 Å². The second kappa shape index (κ2) is 5.74. The van der Waals surface area contributed by atoms with Crippen LogP contribution in [0.1, 0.15) is 36.5 Å². The van der Waals surface area contributed by atoms with Crippen LogP contribution in [-0.4, -0.2) is 12.5 Å². The number of rotatable bonds is 3. The zero-order chi connectivity index (χ0) is 13.1. The molecule has 0 spiro atoms. The molecule has 1 aromatic carbocycles. The Morgan fingerprint density at radius 3 is 2.94 bits per heavy atom. The largest absolute Gasteiger partial charge is 0.399 e. The third-order valence-corrected chi connectivity index (χ3v) is 4.49. The van der Waals surface area contributed by atoms with Crippen molar-refractivity contribution in [3.05, 3.63) is 28.2 Å². The van der Waals surface area contributed by atoms with E-state index in [1.807, 2.05) is 6.07 Å². The van der Waals surface area contributed by atoms with Crippen LogP contribution in [0.25, 0.3) is 0 Å². The van der Waals surface area contributed by atoms with E-state index < -0.39 is 0 Å². The van der Waals surface area contributed by atoms with Gasteiger partial charge in [-0.15, -0.1) is 0 Å². The highest BCUT2D eigenvalue weighted by Gasteiger charge is 2.23. The number of carbonyl (C=O) groups is 1. The molecule has 0 bridgehead atoms. The van der Waals surface area contributed by atoms with E-state index in [9.17, 15) is 4.79 Å². The van der Waals surface area contributed by atoms with E-state index in [1.54, 1.807) is 12.1 Å². The average molecular weight is 311 g/mol. The Morgan fingerprint density at radius 1 is 1.50 bits per heavy atom. The summed E-state index contributed by atoms with van der Waals surface area (Å²) in [5.41, 5.74) is 6.93. The molecule has 1 saturated carbocycles. The van der Waals surface area contributed by atoms with Gasteiger partial charge in [0.05, 0.1) is 5.56 Å². The normalized spacial score (nSPS) is 23.0. The molecular formula is C14H19BrN2O. The number of hydrogen-bond acceptors (Lipinski definition) is 2. The summed E-state index contributed by atoms with van der Waals surface area (Å²) in [6.07, 6.45) is 3.78. The monoisotopic (exact) mass is 310 g/mol. The minimum absolute atomic E-state index is 0.0479. The van der Waals surface area contributed by atoms with Crippen LogP contribution in [0.5, 0.6) is 0 Å². The zero-order valence-corrected chi connectivity index (χ0v) is 12.2. The third-order valence-electron chi connectivity index (χ3n) is 3.80. The van der Waals surface area contributed by atoms with E-state index >= 15 is 0 Å². The highest BCUT2D eigenvalue weighted by Crippen LogP contribution is 2.30. The van der Waals surface area contributed by atoms with Gasteiger partial charge in [0.15, 0.2) is 0 Å². The highest BCUT2D eigenvalue weighted by molar-refractivity contribution is 9.10. The lowest BCUT2D eigenvalue weighted by Gasteiger charge is -2.16. The molecule has 2 unspecified atom stereocenters. The SMILES string of the molecule is CC1CCCC1CNC(=O)c1cc(N)ccc1Br. The predicted octanol–water partition coefficient (Wildman–Crippen LogP) is 3.20. The van der Waals surface area contributed by atoms with Crippen molar-refractivity contribution >= 4 is 27.5 Å². The molecule has 18 heavy (non-hydrogen) atoms. The fourth-order valence-corrected chi connectivity index (χ4v) is 2.99. The maximum atomic E-state index is 12.1. The van der Waals surface area contributed by atoms with Gasteiger partial charge in [0.2, 0.25) is 0 Å². The summed E-state index contributed by atoms with van der Waals surface area (Å²) in [4.78, 5) is 12.1. The first-order valence-electron chi connectivity index (χ1n) is 6.41. The summed E-state index contributed by atoms with van der Waals surface area (Å²) in [5, 5.41) is 3.01. The number of nitrogens with one attached hydrogen (secondary N) is 1. The van der Waals surface area contributed by atoms with Gasteiger partial charge in [-0.05, 0) is 52.4 Å². The summed E-state index contributed by atoms with van der Waals surface area (Å²) in [6, 6.07) is 5.29. The van der Waals surface area contributed by atoms with Gasteiger partial charge in [0, 0.05) is 16.7 Å². The number of anilines is 1. The molecule has 1 aliphatic rings. The van der Waals surface area contributed by atoms with Crippen molar-refractivity contribution in [2.45, 2.75) is 26.2 Å². The second-order valence-electron chi connectivity index (χ2n) is 5.12. The van der Waals surface area contributed by atoms with Crippen molar-refractivity contribution in [3.63, 3.8) is 0 Å². The summed E-state index contributed by atoms with van der Waals surface area (Å²) in [6.45, 7) is 3.03. The van der Waals surface area contributed by atoms with E-state index in [4.69, 9.17) is 5.73 Å². The fraction of sp³-hybridized carbons (Fsp3) is 0.500. The van der Waals surface area contributed by atoms with Crippen LogP contribution < -0.4 is 11.1 Å². The molecule has 1 aromatic rings. The summed E-state index contributed by atoms with van der Waals surface area (Å²) < 4.78 is 0.786. The van der Waals surface area contributed by atoms with Crippen LogP contribution in [0.4, 0.5) is 5.69 Å². The van der Waals surface area contributed by atoms with Crippen LogP contribution in [0.15, 0.2) is 22.7 Å². The second-order valence-corrected chi connectivity index (χ2v) is 5.97. The van der Waals surface area contributed by atoms with Gasteiger partial charge in [-0.3, -0.25) is 4.79 Å². The molecule has 98 valence electrons. The van der Waals surface area contributed by atoms with E-state index in [0.717, 1.165) is 16.9 Å². The maximum absolute atomic E-state index is 12.1. The molecule has 2 rings (SSSR count). The predicted molar refractivity (Wildman–Crippen MR) is 77.4 cm³/mol. The Bertz CT molecular complexity index is 447. The molecule has 0 radical (unpaired) electrons. The molecule has 2 atom stereocenters. The van der Waals surface area contributed by atoms with Crippen LogP contribution in [0, 0.1) is 11.8 Å². The molecular weight excluding hydrogens is 292 g/mol. The zero-order valence-electron chi connectivity index (χ0n) is 10.6. The van der Waals surface area contributed by atoms with Gasteiger partial charge in [0.1, 0.15) is 0 Å². The van der Waals surface area contributed by atoms with Gasteiger partial charge >= 0.3 is 0 Å². The molecule has 1 amide bonds. The summed E-state index contributed by atoms with van der Waals surface area (Å²) in [7, 11) is 0. The van der Waals surface area contributed by atoms with Crippen molar-refractivity contribution in [2.75, 3.05) is 12.3 Å². The van der Waals surface area contributed by atoms with E-state index in [2.05, 4.69) is 28.2 Å². The summed E-state index contributed by atoms with van der Waals surface area (Å²) >= 11 is 3.38. The topological polar surface area (TPSA) is 55.1 Å². The van der Waals surface area contributed by atoms with E-state index in [0.29, 0.717) is 17.2 Å². The van der Waals surface area contributed by atoms with Gasteiger partial charge in [-0.25, -0.2) is 0 Å². The number of nitrogens with two attached hydrogens (primary N) is 1. The smallest absolute Gasteiger partial charge is 0.252 e. The fourth-order valence-electron chi connectivity index (χ4n) is 2.56. The van der Waals surface area contributed by atoms with E-state index in [-0.39, 0.29) is 5.91 Å². The van der Waals surface area contributed by atoms with Gasteiger partial charge in [0.25, 0.3) is 5.91 Å². The molecule has 4 heteroatoms. The quantitative estimate of drug-likeness (QED) is 0.842. The first-order valence-corrected chi connectivity index (χ1v) is 7.20. The molecule has 3 N–H and O–H groups in total. The molecule has 0 saturated heterocycles. The Kier molecular flexibility index (Phi) is 4.27. The molecule has 3 nitrogen and oxygen atoms in total. The average Bonchev–Trinajstić information content (AvgIpc) is 2.75. The van der Waals surface area contributed by atoms with Gasteiger partial charge in [-0.2, -0.15) is 0 Å². The standard InChI is InChI=1S/C14H19BrN2O/c1-9-3-2-4-10(9)8-17-14(18)12-7-11(16)5-6-13(12)15/h5-7,9-10H,2-4,8,16H2,1H3,(H,17,18). The highest BCUT2D eigenvalue weighted by atomic mass is 79.9. The Balaban J connectivity index is 1.97. The Hall–Kier alpha value is -1.03. The lowest BCUT2D eigenvalue weighted by molar-refractivity contribution is 0.0944. The van der Waals surface area contributed by atoms with Crippen molar-refractivity contribution < 1.29 is 4.79 Å². The van der Waals surface area contributed by atoms with Crippen molar-refractivity contribution in [3.8, 4) is 0 Å².